The molecule has 3 aliphatic rings. The van der Waals surface area contributed by atoms with Crippen LogP contribution in [0.4, 0.5) is 0 Å². The Kier molecular flexibility index (Phi) is 6.64. The Morgan fingerprint density at radius 2 is 2.03 bits per heavy atom. The first-order valence-corrected chi connectivity index (χ1v) is 11.8. The van der Waals surface area contributed by atoms with E-state index in [2.05, 4.69) is 51.5 Å². The second-order valence-electron chi connectivity index (χ2n) is 9.15. The van der Waals surface area contributed by atoms with Gasteiger partial charge in [0.05, 0.1) is 32.5 Å². The van der Waals surface area contributed by atoms with Crippen LogP contribution in [0.25, 0.3) is 0 Å². The van der Waals surface area contributed by atoms with Crippen LogP contribution in [-0.2, 0) is 32.9 Å². The molecule has 7 nitrogen and oxygen atoms in total. The molecule has 2 aromatic carbocycles. The van der Waals surface area contributed by atoms with Gasteiger partial charge in [-0.1, -0.05) is 36.4 Å². The van der Waals surface area contributed by atoms with Gasteiger partial charge >= 0.3 is 0 Å². The number of carbonyl (C=O) groups excluding carboxylic acids is 1. The fourth-order valence-electron chi connectivity index (χ4n) is 5.35. The molecule has 0 radical (unpaired) electrons. The summed E-state index contributed by atoms with van der Waals surface area (Å²) in [6, 6.07) is 16.8. The van der Waals surface area contributed by atoms with Crippen LogP contribution in [-0.4, -0.2) is 74.9 Å². The number of carbonyl (C=O) groups is 1. The van der Waals surface area contributed by atoms with Crippen LogP contribution in [0.3, 0.4) is 0 Å². The molecule has 1 N–H and O–H groups in total. The molecule has 2 saturated heterocycles. The summed E-state index contributed by atoms with van der Waals surface area (Å²) < 4.78 is 17.0. The van der Waals surface area contributed by atoms with E-state index in [-0.39, 0.29) is 11.4 Å². The number of benzene rings is 2. The molecule has 7 heteroatoms. The number of nitrogens with one attached hydrogen (secondary N) is 1. The van der Waals surface area contributed by atoms with Crippen molar-refractivity contribution in [2.45, 2.75) is 31.2 Å². The van der Waals surface area contributed by atoms with Gasteiger partial charge in [-0.15, -0.1) is 0 Å². The summed E-state index contributed by atoms with van der Waals surface area (Å²) in [6.45, 7) is 7.02. The van der Waals surface area contributed by atoms with Gasteiger partial charge in [-0.3, -0.25) is 14.6 Å². The Morgan fingerprint density at radius 3 is 2.88 bits per heavy atom. The van der Waals surface area contributed by atoms with Crippen molar-refractivity contribution < 1.29 is 19.0 Å². The number of rotatable bonds is 7. The maximum atomic E-state index is 13.0. The first-order valence-electron chi connectivity index (χ1n) is 11.8. The number of morpholine rings is 1. The summed E-state index contributed by atoms with van der Waals surface area (Å²) >= 11 is 0. The van der Waals surface area contributed by atoms with Gasteiger partial charge in [-0.25, -0.2) is 0 Å². The molecule has 2 aromatic rings. The minimum absolute atomic E-state index is 0.00848. The molecule has 3 aliphatic heterocycles. The van der Waals surface area contributed by atoms with E-state index >= 15 is 0 Å². The second kappa shape index (κ2) is 9.81. The number of hydrogen-bond donors (Lipinski definition) is 1. The highest BCUT2D eigenvalue weighted by molar-refractivity contribution is 5.81. The Labute approximate surface area is 195 Å². The van der Waals surface area contributed by atoms with Crippen LogP contribution in [0.15, 0.2) is 48.5 Å². The third kappa shape index (κ3) is 4.64. The summed E-state index contributed by atoms with van der Waals surface area (Å²) in [5.74, 6) is 0.851. The Bertz CT molecular complexity index is 978. The van der Waals surface area contributed by atoms with E-state index in [0.717, 1.165) is 51.7 Å². The van der Waals surface area contributed by atoms with E-state index in [1.165, 1.54) is 16.7 Å². The first kappa shape index (κ1) is 22.3. The predicted octanol–water partition coefficient (Wildman–Crippen LogP) is 2.14. The maximum absolute atomic E-state index is 13.0. The SMILES string of the molecule is COc1cccc(CN2Cc3ccccc3[C@]23CO[C@H](C(=O)NCCN2CCOCC2)C3)c1. The van der Waals surface area contributed by atoms with Gasteiger partial charge in [-0.2, -0.15) is 0 Å². The molecule has 0 aromatic heterocycles. The number of methoxy groups -OCH3 is 1. The molecule has 33 heavy (non-hydrogen) atoms. The molecule has 3 heterocycles. The van der Waals surface area contributed by atoms with Crippen molar-refractivity contribution in [2.24, 2.45) is 0 Å². The highest BCUT2D eigenvalue weighted by atomic mass is 16.5. The molecular weight excluding hydrogens is 418 g/mol. The second-order valence-corrected chi connectivity index (χ2v) is 9.15. The standard InChI is InChI=1S/C26H33N3O4/c1-31-22-7-4-5-20(15-22)17-29-18-21-6-2-3-8-23(21)26(29)16-24(33-19-26)25(30)27-9-10-28-11-13-32-14-12-28/h2-8,15,24H,9-14,16-19H2,1H3,(H,27,30)/t24-,26-/m0/s1. The third-order valence-corrected chi connectivity index (χ3v) is 7.16. The van der Waals surface area contributed by atoms with Crippen LogP contribution >= 0.6 is 0 Å². The van der Waals surface area contributed by atoms with E-state index in [1.807, 2.05) is 12.1 Å². The molecule has 1 amide bonds. The zero-order valence-electron chi connectivity index (χ0n) is 19.3. The summed E-state index contributed by atoms with van der Waals surface area (Å²) in [7, 11) is 1.69. The summed E-state index contributed by atoms with van der Waals surface area (Å²) in [5.41, 5.74) is 3.51. The number of hydrogen-bond acceptors (Lipinski definition) is 6. The van der Waals surface area contributed by atoms with Crippen LogP contribution in [0.2, 0.25) is 0 Å². The van der Waals surface area contributed by atoms with Crippen molar-refractivity contribution in [1.82, 2.24) is 15.1 Å². The molecule has 2 atom stereocenters. The van der Waals surface area contributed by atoms with Gasteiger partial charge in [0, 0.05) is 45.7 Å². The van der Waals surface area contributed by atoms with Crippen molar-refractivity contribution in [3.63, 3.8) is 0 Å². The minimum Gasteiger partial charge on any atom is -0.497 e. The molecule has 0 aliphatic carbocycles. The molecule has 1 spiro atoms. The van der Waals surface area contributed by atoms with Gasteiger partial charge in [0.1, 0.15) is 11.9 Å². The van der Waals surface area contributed by atoms with Crippen LogP contribution in [0.5, 0.6) is 5.75 Å². The number of nitrogens with zero attached hydrogens (tertiary/aromatic N) is 2. The van der Waals surface area contributed by atoms with E-state index < -0.39 is 6.10 Å². The predicted molar refractivity (Wildman–Crippen MR) is 125 cm³/mol. The van der Waals surface area contributed by atoms with E-state index in [4.69, 9.17) is 14.2 Å². The van der Waals surface area contributed by atoms with Gasteiger partial charge in [-0.05, 0) is 28.8 Å². The van der Waals surface area contributed by atoms with Gasteiger partial charge in [0.2, 0.25) is 5.91 Å². The smallest absolute Gasteiger partial charge is 0.249 e. The van der Waals surface area contributed by atoms with Gasteiger partial charge in [0.15, 0.2) is 0 Å². The van der Waals surface area contributed by atoms with Crippen LogP contribution in [0, 0.1) is 0 Å². The zero-order chi connectivity index (χ0) is 22.7. The van der Waals surface area contributed by atoms with Gasteiger partial charge < -0.3 is 19.5 Å². The van der Waals surface area contributed by atoms with Crippen molar-refractivity contribution >= 4 is 5.91 Å². The zero-order valence-corrected chi connectivity index (χ0v) is 19.3. The molecule has 5 rings (SSSR count). The lowest BCUT2D eigenvalue weighted by molar-refractivity contribution is -0.130. The lowest BCUT2D eigenvalue weighted by atomic mass is 9.86. The van der Waals surface area contributed by atoms with Crippen molar-refractivity contribution in [3.8, 4) is 5.75 Å². The Hall–Kier alpha value is -2.45. The highest BCUT2D eigenvalue weighted by Gasteiger charge is 2.52. The van der Waals surface area contributed by atoms with Crippen LogP contribution < -0.4 is 10.1 Å². The van der Waals surface area contributed by atoms with Crippen molar-refractivity contribution in [2.75, 3.05) is 53.1 Å². The molecule has 0 unspecified atom stereocenters. The summed E-state index contributed by atoms with van der Waals surface area (Å²) in [4.78, 5) is 17.8. The minimum atomic E-state index is -0.436. The maximum Gasteiger partial charge on any atom is 0.249 e. The van der Waals surface area contributed by atoms with E-state index in [1.54, 1.807) is 7.11 Å². The normalized spacial score (nSPS) is 25.3. The molecule has 2 fully saturated rings. The number of ether oxygens (including phenoxy) is 3. The first-order chi connectivity index (χ1) is 16.2. The van der Waals surface area contributed by atoms with Gasteiger partial charge in [0.25, 0.3) is 0 Å². The molecule has 176 valence electrons. The Morgan fingerprint density at radius 1 is 1.18 bits per heavy atom. The van der Waals surface area contributed by atoms with E-state index in [0.29, 0.717) is 19.6 Å². The molecular formula is C26H33N3O4. The largest absolute Gasteiger partial charge is 0.497 e. The lowest BCUT2D eigenvalue weighted by Gasteiger charge is -2.35. The van der Waals surface area contributed by atoms with E-state index in [9.17, 15) is 4.79 Å². The summed E-state index contributed by atoms with van der Waals surface area (Å²) in [5, 5.41) is 3.10. The average Bonchev–Trinajstić information content (AvgIpc) is 3.43. The Balaban J connectivity index is 1.27. The fraction of sp³-hybridized carbons (Fsp3) is 0.500. The van der Waals surface area contributed by atoms with Crippen LogP contribution in [0.1, 0.15) is 23.1 Å². The topological polar surface area (TPSA) is 63.3 Å². The lowest BCUT2D eigenvalue weighted by Crippen LogP contribution is -2.44. The monoisotopic (exact) mass is 451 g/mol. The number of fused-ring (bicyclic) bond motifs is 2. The quantitative estimate of drug-likeness (QED) is 0.696. The fourth-order valence-corrected chi connectivity index (χ4v) is 5.35. The molecule has 0 bridgehead atoms. The number of amides is 1. The summed E-state index contributed by atoms with van der Waals surface area (Å²) in [6.07, 6.45) is 0.228. The highest BCUT2D eigenvalue weighted by Crippen LogP contribution is 2.47. The van der Waals surface area contributed by atoms with Crippen molar-refractivity contribution in [1.29, 1.82) is 0 Å². The molecule has 0 saturated carbocycles. The average molecular weight is 452 g/mol. The van der Waals surface area contributed by atoms with Crippen molar-refractivity contribution in [3.05, 3.63) is 65.2 Å². The third-order valence-electron chi connectivity index (χ3n) is 7.16.